The zero-order chi connectivity index (χ0) is 20.1. The lowest BCUT2D eigenvalue weighted by Crippen LogP contribution is -2.37. The fraction of sp³-hybridized carbons (Fsp3) is 0.125. The number of hydrogen-bond donors (Lipinski definition) is 3. The third-order valence-electron chi connectivity index (χ3n) is 3.79. The maximum Gasteiger partial charge on any atom is 0.144 e. The van der Waals surface area contributed by atoms with Gasteiger partial charge in [0, 0.05) is 5.56 Å². The molecule has 3 N–H and O–H groups in total. The van der Waals surface area contributed by atoms with Crippen LogP contribution in [-0.2, 0) is 0 Å². The van der Waals surface area contributed by atoms with Gasteiger partial charge in [-0.25, -0.2) is 0 Å². The molecule has 0 spiro atoms. The van der Waals surface area contributed by atoms with Gasteiger partial charge in [-0.2, -0.15) is 0 Å². The van der Waals surface area contributed by atoms with E-state index in [9.17, 15) is 0 Å². The number of nitrogens with one attached hydrogen (secondary N) is 3. The molecular formula is C24H29N3. The molecule has 0 aliphatic heterocycles. The van der Waals surface area contributed by atoms with E-state index in [0.717, 1.165) is 28.0 Å². The normalized spacial score (nSPS) is 13.1. The van der Waals surface area contributed by atoms with Gasteiger partial charge in [0.25, 0.3) is 0 Å². The average Bonchev–Trinajstić information content (AvgIpc) is 2.71. The van der Waals surface area contributed by atoms with E-state index < -0.39 is 0 Å². The smallest absolute Gasteiger partial charge is 0.144 e. The molecule has 0 fully saturated rings. The molecule has 0 saturated carbocycles. The van der Waals surface area contributed by atoms with E-state index in [1.165, 1.54) is 0 Å². The maximum atomic E-state index is 8.29. The van der Waals surface area contributed by atoms with Crippen LogP contribution in [0.5, 0.6) is 0 Å². The van der Waals surface area contributed by atoms with Gasteiger partial charge in [0.2, 0.25) is 0 Å². The van der Waals surface area contributed by atoms with Gasteiger partial charge in [-0.1, -0.05) is 86.0 Å². The summed E-state index contributed by atoms with van der Waals surface area (Å²) in [6.45, 7) is 13.4. The highest BCUT2D eigenvalue weighted by Crippen LogP contribution is 2.13. The molecule has 0 amide bonds. The molecule has 140 valence electrons. The highest BCUT2D eigenvalue weighted by molar-refractivity contribution is 5.96. The third kappa shape index (κ3) is 7.20. The Morgan fingerprint density at radius 2 is 1.67 bits per heavy atom. The van der Waals surface area contributed by atoms with Crippen molar-refractivity contribution in [3.8, 4) is 0 Å². The molecule has 0 radical (unpaired) electrons. The van der Waals surface area contributed by atoms with Gasteiger partial charge in [0.05, 0.1) is 5.70 Å². The molecule has 0 aliphatic carbocycles. The van der Waals surface area contributed by atoms with Crippen molar-refractivity contribution in [3.05, 3.63) is 114 Å². The Labute approximate surface area is 163 Å². The lowest BCUT2D eigenvalue weighted by molar-refractivity contribution is 0.772. The SMILES string of the molecule is C=C\C=C/C(=C\C)C(=C\C(\C=C/C)=C\C)/NNC(=N)c1ccc(C=C)cc1. The Morgan fingerprint density at radius 3 is 2.19 bits per heavy atom. The first-order valence-corrected chi connectivity index (χ1v) is 8.89. The second-order valence-corrected chi connectivity index (χ2v) is 5.64. The molecule has 3 nitrogen and oxygen atoms in total. The van der Waals surface area contributed by atoms with Crippen LogP contribution < -0.4 is 10.9 Å². The van der Waals surface area contributed by atoms with Gasteiger partial charge in [0.15, 0.2) is 0 Å². The summed E-state index contributed by atoms with van der Waals surface area (Å²) in [5.74, 6) is 0.285. The molecule has 0 aromatic heterocycles. The molecule has 0 unspecified atom stereocenters. The van der Waals surface area contributed by atoms with E-state index in [2.05, 4.69) is 24.0 Å². The van der Waals surface area contributed by atoms with E-state index in [1.54, 1.807) is 12.2 Å². The van der Waals surface area contributed by atoms with Gasteiger partial charge < -0.3 is 0 Å². The number of hydrogen-bond acceptors (Lipinski definition) is 2. The third-order valence-corrected chi connectivity index (χ3v) is 3.79. The number of hydrazine groups is 1. The molecule has 1 aromatic rings. The van der Waals surface area contributed by atoms with Crippen molar-refractivity contribution in [2.45, 2.75) is 20.8 Å². The summed E-state index contributed by atoms with van der Waals surface area (Å²) in [6.07, 6.45) is 17.5. The Morgan fingerprint density at radius 1 is 0.963 bits per heavy atom. The molecule has 3 heteroatoms. The van der Waals surface area contributed by atoms with E-state index in [4.69, 9.17) is 5.41 Å². The monoisotopic (exact) mass is 359 g/mol. The summed E-state index contributed by atoms with van der Waals surface area (Å²) in [5, 5.41) is 8.29. The number of amidine groups is 1. The second-order valence-electron chi connectivity index (χ2n) is 5.64. The van der Waals surface area contributed by atoms with Crippen LogP contribution in [0.4, 0.5) is 0 Å². The van der Waals surface area contributed by atoms with E-state index in [-0.39, 0.29) is 5.84 Å². The molecule has 0 aliphatic rings. The predicted molar refractivity (Wildman–Crippen MR) is 119 cm³/mol. The quantitative estimate of drug-likeness (QED) is 0.224. The number of rotatable bonds is 9. The Hall–Kier alpha value is -3.33. The second kappa shape index (κ2) is 12.1. The Kier molecular flexibility index (Phi) is 9.72. The lowest BCUT2D eigenvalue weighted by Gasteiger charge is -2.16. The summed E-state index contributed by atoms with van der Waals surface area (Å²) in [4.78, 5) is 0. The van der Waals surface area contributed by atoms with Crippen molar-refractivity contribution in [2.24, 2.45) is 0 Å². The fourth-order valence-corrected chi connectivity index (χ4v) is 2.28. The van der Waals surface area contributed by atoms with Gasteiger partial charge >= 0.3 is 0 Å². The summed E-state index contributed by atoms with van der Waals surface area (Å²) < 4.78 is 0. The summed E-state index contributed by atoms with van der Waals surface area (Å²) in [5.41, 5.74) is 10.9. The van der Waals surface area contributed by atoms with Crippen LogP contribution in [0.1, 0.15) is 31.9 Å². The molecule has 0 atom stereocenters. The Balaban J connectivity index is 3.06. The molecule has 0 heterocycles. The van der Waals surface area contributed by atoms with Crippen molar-refractivity contribution in [1.82, 2.24) is 10.9 Å². The van der Waals surface area contributed by atoms with E-state index in [0.29, 0.717) is 0 Å². The summed E-state index contributed by atoms with van der Waals surface area (Å²) >= 11 is 0. The van der Waals surface area contributed by atoms with Gasteiger partial charge in [-0.15, -0.1) is 0 Å². The van der Waals surface area contributed by atoms with Crippen molar-refractivity contribution in [2.75, 3.05) is 0 Å². The largest absolute Gasteiger partial charge is 0.299 e. The topological polar surface area (TPSA) is 47.9 Å². The molecule has 1 aromatic carbocycles. The van der Waals surface area contributed by atoms with Crippen LogP contribution >= 0.6 is 0 Å². The fourth-order valence-electron chi connectivity index (χ4n) is 2.28. The number of allylic oxidation sites excluding steroid dienone is 9. The van der Waals surface area contributed by atoms with Gasteiger partial charge in [0.1, 0.15) is 5.84 Å². The zero-order valence-corrected chi connectivity index (χ0v) is 16.4. The maximum absolute atomic E-state index is 8.29. The lowest BCUT2D eigenvalue weighted by atomic mass is 10.1. The van der Waals surface area contributed by atoms with Crippen LogP contribution in [0, 0.1) is 5.41 Å². The van der Waals surface area contributed by atoms with Crippen molar-refractivity contribution in [1.29, 1.82) is 5.41 Å². The van der Waals surface area contributed by atoms with Crippen molar-refractivity contribution >= 4 is 11.9 Å². The van der Waals surface area contributed by atoms with E-state index in [1.807, 2.05) is 87.6 Å². The first-order valence-electron chi connectivity index (χ1n) is 8.89. The molecule has 1 rings (SSSR count). The first-order chi connectivity index (χ1) is 13.1. The number of benzene rings is 1. The first kappa shape index (κ1) is 21.7. The summed E-state index contributed by atoms with van der Waals surface area (Å²) in [6, 6.07) is 7.65. The van der Waals surface area contributed by atoms with Crippen molar-refractivity contribution < 1.29 is 0 Å². The van der Waals surface area contributed by atoms with Crippen LogP contribution in [0.15, 0.2) is 103 Å². The zero-order valence-electron chi connectivity index (χ0n) is 16.4. The molecule has 27 heavy (non-hydrogen) atoms. The highest BCUT2D eigenvalue weighted by atomic mass is 15.4. The van der Waals surface area contributed by atoms with Crippen molar-refractivity contribution in [3.63, 3.8) is 0 Å². The van der Waals surface area contributed by atoms with Crippen LogP contribution in [-0.4, -0.2) is 5.84 Å². The van der Waals surface area contributed by atoms with Crippen LogP contribution in [0.25, 0.3) is 6.08 Å². The highest BCUT2D eigenvalue weighted by Gasteiger charge is 2.05. The van der Waals surface area contributed by atoms with Gasteiger partial charge in [-0.05, 0) is 43.6 Å². The molecule has 0 saturated heterocycles. The predicted octanol–water partition coefficient (Wildman–Crippen LogP) is 5.84. The van der Waals surface area contributed by atoms with Crippen LogP contribution in [0.3, 0.4) is 0 Å². The van der Waals surface area contributed by atoms with Gasteiger partial charge in [-0.3, -0.25) is 16.3 Å². The van der Waals surface area contributed by atoms with Crippen LogP contribution in [0.2, 0.25) is 0 Å². The minimum atomic E-state index is 0.285. The summed E-state index contributed by atoms with van der Waals surface area (Å²) in [7, 11) is 0. The minimum Gasteiger partial charge on any atom is -0.299 e. The standard InChI is InChI=1S/C24H29N3/c1-6-11-13-21(10-5)23(18-20(9-4)12-7-2)26-27-24(25)22-16-14-19(8-3)15-17-22/h6-18,26H,1,3H2,2,4-5H3,(H2,25,27)/b12-7-,13-11-,20-9+,21-10+,23-18+. The van der Waals surface area contributed by atoms with E-state index >= 15 is 0 Å². The molecule has 0 bridgehead atoms. The Bertz CT molecular complexity index is 801. The minimum absolute atomic E-state index is 0.285. The molecular weight excluding hydrogens is 330 g/mol. The average molecular weight is 360 g/mol.